The molecular formula is C20H40O4. The summed E-state index contributed by atoms with van der Waals surface area (Å²) in [5.74, 6) is -0.692. The van der Waals surface area contributed by atoms with Crippen LogP contribution in [0.1, 0.15) is 96.8 Å². The summed E-state index contributed by atoms with van der Waals surface area (Å²) in [7, 11) is 3.59. The average Bonchev–Trinajstić information content (AvgIpc) is 2.57. The second-order valence-corrected chi connectivity index (χ2v) is 6.85. The first-order valence-electron chi connectivity index (χ1n) is 9.91. The van der Waals surface area contributed by atoms with Crippen molar-refractivity contribution >= 4 is 5.97 Å². The van der Waals surface area contributed by atoms with Gasteiger partial charge in [0, 0.05) is 20.6 Å². The second-order valence-electron chi connectivity index (χ2n) is 6.85. The fraction of sp³-hybridized carbons (Fsp3) is 0.950. The van der Waals surface area contributed by atoms with E-state index >= 15 is 0 Å². The van der Waals surface area contributed by atoms with Crippen LogP contribution in [0, 0.1) is 0 Å². The minimum Gasteiger partial charge on any atom is -0.481 e. The third-order valence-corrected chi connectivity index (χ3v) is 4.74. The quantitative estimate of drug-likeness (QED) is 0.330. The fourth-order valence-corrected chi connectivity index (χ4v) is 3.11. The highest BCUT2D eigenvalue weighted by molar-refractivity contribution is 5.66. The molecule has 0 bridgehead atoms. The first-order chi connectivity index (χ1) is 11.6. The van der Waals surface area contributed by atoms with Crippen molar-refractivity contribution in [1.82, 2.24) is 0 Å². The third kappa shape index (κ3) is 14.9. The molecule has 4 heteroatoms. The molecular weight excluding hydrogens is 304 g/mol. The molecule has 0 saturated heterocycles. The molecule has 0 fully saturated rings. The van der Waals surface area contributed by atoms with Crippen molar-refractivity contribution in [2.45, 2.75) is 109 Å². The molecule has 144 valence electrons. The molecule has 0 aliphatic heterocycles. The molecule has 0 amide bonds. The summed E-state index contributed by atoms with van der Waals surface area (Å²) >= 11 is 0. The van der Waals surface area contributed by atoms with E-state index in [2.05, 4.69) is 6.92 Å². The van der Waals surface area contributed by atoms with Crippen LogP contribution < -0.4 is 0 Å². The van der Waals surface area contributed by atoms with Gasteiger partial charge >= 0.3 is 5.97 Å². The standard InChI is InChI=1S/C20H40O4/c1-4-5-6-7-8-11-14-18(23-2)17-19(24-3)15-12-9-10-13-16-20(21)22/h18-19H,4-17H2,1-3H3,(H,21,22). The Bertz CT molecular complexity index is 281. The van der Waals surface area contributed by atoms with E-state index in [9.17, 15) is 4.79 Å². The number of carboxylic acids is 1. The topological polar surface area (TPSA) is 55.8 Å². The van der Waals surface area contributed by atoms with Gasteiger partial charge in [0.2, 0.25) is 0 Å². The van der Waals surface area contributed by atoms with Gasteiger partial charge in [-0.15, -0.1) is 0 Å². The predicted molar refractivity (Wildman–Crippen MR) is 99.5 cm³/mol. The number of unbranched alkanes of at least 4 members (excludes halogenated alkanes) is 8. The molecule has 4 nitrogen and oxygen atoms in total. The van der Waals surface area contributed by atoms with Crippen molar-refractivity contribution in [3.8, 4) is 0 Å². The van der Waals surface area contributed by atoms with Crippen molar-refractivity contribution in [1.29, 1.82) is 0 Å². The van der Waals surface area contributed by atoms with Gasteiger partial charge in [0.25, 0.3) is 0 Å². The largest absolute Gasteiger partial charge is 0.481 e. The summed E-state index contributed by atoms with van der Waals surface area (Å²) in [6.45, 7) is 2.25. The van der Waals surface area contributed by atoms with Crippen LogP contribution >= 0.6 is 0 Å². The highest BCUT2D eigenvalue weighted by Gasteiger charge is 2.15. The maximum atomic E-state index is 10.5. The van der Waals surface area contributed by atoms with E-state index in [1.807, 2.05) is 0 Å². The van der Waals surface area contributed by atoms with Crippen LogP contribution in [0.4, 0.5) is 0 Å². The van der Waals surface area contributed by atoms with E-state index in [0.717, 1.165) is 44.9 Å². The van der Waals surface area contributed by atoms with Crippen LogP contribution in [0.25, 0.3) is 0 Å². The van der Waals surface area contributed by atoms with Gasteiger partial charge in [0.1, 0.15) is 0 Å². The Kier molecular flexibility index (Phi) is 16.8. The zero-order chi connectivity index (χ0) is 18.0. The van der Waals surface area contributed by atoms with Crippen LogP contribution in [0.15, 0.2) is 0 Å². The van der Waals surface area contributed by atoms with Gasteiger partial charge < -0.3 is 14.6 Å². The molecule has 0 saturated carbocycles. The van der Waals surface area contributed by atoms with Crippen LogP contribution in [-0.2, 0) is 14.3 Å². The zero-order valence-corrected chi connectivity index (χ0v) is 16.2. The zero-order valence-electron chi connectivity index (χ0n) is 16.2. The summed E-state index contributed by atoms with van der Waals surface area (Å²) in [6, 6.07) is 0. The predicted octanol–water partition coefficient (Wildman–Crippen LogP) is 5.58. The van der Waals surface area contributed by atoms with Crippen molar-refractivity contribution in [2.75, 3.05) is 14.2 Å². The highest BCUT2D eigenvalue weighted by Crippen LogP contribution is 2.18. The van der Waals surface area contributed by atoms with Gasteiger partial charge in [0.05, 0.1) is 12.2 Å². The molecule has 0 radical (unpaired) electrons. The lowest BCUT2D eigenvalue weighted by Crippen LogP contribution is -2.21. The first kappa shape index (κ1) is 23.4. The molecule has 0 aromatic carbocycles. The molecule has 0 aliphatic rings. The van der Waals surface area contributed by atoms with E-state index in [1.165, 1.54) is 38.5 Å². The molecule has 2 unspecified atom stereocenters. The van der Waals surface area contributed by atoms with Gasteiger partial charge in [-0.2, -0.15) is 0 Å². The van der Waals surface area contributed by atoms with Crippen LogP contribution in [0.5, 0.6) is 0 Å². The molecule has 0 spiro atoms. The highest BCUT2D eigenvalue weighted by atomic mass is 16.5. The first-order valence-corrected chi connectivity index (χ1v) is 9.91. The average molecular weight is 345 g/mol. The van der Waals surface area contributed by atoms with Crippen LogP contribution in [-0.4, -0.2) is 37.5 Å². The maximum absolute atomic E-state index is 10.5. The van der Waals surface area contributed by atoms with Gasteiger partial charge in [-0.3, -0.25) is 4.79 Å². The number of carbonyl (C=O) groups is 1. The number of aliphatic carboxylic acids is 1. The van der Waals surface area contributed by atoms with Crippen molar-refractivity contribution in [2.24, 2.45) is 0 Å². The van der Waals surface area contributed by atoms with E-state index in [4.69, 9.17) is 14.6 Å². The van der Waals surface area contributed by atoms with Crippen molar-refractivity contribution in [3.05, 3.63) is 0 Å². The summed E-state index contributed by atoms with van der Waals surface area (Å²) in [4.78, 5) is 10.5. The van der Waals surface area contributed by atoms with Gasteiger partial charge in [-0.1, -0.05) is 64.7 Å². The summed E-state index contributed by atoms with van der Waals surface area (Å²) in [5.41, 5.74) is 0. The third-order valence-electron chi connectivity index (χ3n) is 4.74. The lowest BCUT2D eigenvalue weighted by Gasteiger charge is -2.22. The second kappa shape index (κ2) is 17.2. The minimum atomic E-state index is -0.692. The number of methoxy groups -OCH3 is 2. The number of rotatable bonds is 18. The smallest absolute Gasteiger partial charge is 0.303 e. The van der Waals surface area contributed by atoms with E-state index in [-0.39, 0.29) is 12.5 Å². The summed E-state index contributed by atoms with van der Waals surface area (Å²) in [6.07, 6.45) is 15.9. The summed E-state index contributed by atoms with van der Waals surface area (Å²) in [5, 5.41) is 8.62. The van der Waals surface area contributed by atoms with Crippen LogP contribution in [0.2, 0.25) is 0 Å². The molecule has 1 N–H and O–H groups in total. The number of ether oxygens (including phenoxy) is 2. The van der Waals surface area contributed by atoms with Crippen molar-refractivity contribution in [3.63, 3.8) is 0 Å². The lowest BCUT2D eigenvalue weighted by molar-refractivity contribution is -0.137. The minimum absolute atomic E-state index is 0.259. The molecule has 0 aromatic rings. The Morgan fingerprint density at radius 1 is 0.792 bits per heavy atom. The van der Waals surface area contributed by atoms with Gasteiger partial charge in [0.15, 0.2) is 0 Å². The summed E-state index contributed by atoms with van der Waals surface area (Å²) < 4.78 is 11.2. The van der Waals surface area contributed by atoms with E-state index < -0.39 is 5.97 Å². The monoisotopic (exact) mass is 344 g/mol. The molecule has 2 atom stereocenters. The molecule has 24 heavy (non-hydrogen) atoms. The van der Waals surface area contributed by atoms with E-state index in [0.29, 0.717) is 6.10 Å². The number of hydrogen-bond acceptors (Lipinski definition) is 3. The molecule has 0 aliphatic carbocycles. The number of hydrogen-bond donors (Lipinski definition) is 1. The Labute approximate surface area is 149 Å². The molecule has 0 heterocycles. The van der Waals surface area contributed by atoms with E-state index in [1.54, 1.807) is 14.2 Å². The molecule has 0 rings (SSSR count). The fourth-order valence-electron chi connectivity index (χ4n) is 3.11. The molecule has 0 aromatic heterocycles. The normalized spacial score (nSPS) is 13.8. The Morgan fingerprint density at radius 3 is 1.71 bits per heavy atom. The van der Waals surface area contributed by atoms with Gasteiger partial charge in [-0.05, 0) is 25.7 Å². The number of carboxylic acid groups (broad SMARTS) is 1. The van der Waals surface area contributed by atoms with Crippen molar-refractivity contribution < 1.29 is 19.4 Å². The Hall–Kier alpha value is -0.610. The maximum Gasteiger partial charge on any atom is 0.303 e. The van der Waals surface area contributed by atoms with Crippen LogP contribution in [0.3, 0.4) is 0 Å². The SMILES string of the molecule is CCCCCCCCC(CC(CCCCCCC(=O)O)OC)OC. The lowest BCUT2D eigenvalue weighted by atomic mass is 9.99. The Morgan fingerprint density at radius 2 is 1.25 bits per heavy atom. The Balaban J connectivity index is 3.73. The van der Waals surface area contributed by atoms with Gasteiger partial charge in [-0.25, -0.2) is 0 Å².